The molecule has 1 atom stereocenters. The Morgan fingerprint density at radius 2 is 2.10 bits per heavy atom. The van der Waals surface area contributed by atoms with Crippen LogP contribution in [-0.2, 0) is 16.6 Å². The zero-order valence-electron chi connectivity index (χ0n) is 12.5. The molecular weight excluding hydrogens is 308 g/mol. The largest absolute Gasteiger partial charge is 0.325 e. The van der Waals surface area contributed by atoms with E-state index in [4.69, 9.17) is 5.73 Å². The Balaban J connectivity index is 2.33. The summed E-state index contributed by atoms with van der Waals surface area (Å²) in [4.78, 5) is 2.43. The molecule has 0 radical (unpaired) electrons. The van der Waals surface area contributed by atoms with E-state index in [0.29, 0.717) is 11.4 Å². The van der Waals surface area contributed by atoms with Crippen molar-refractivity contribution in [2.24, 2.45) is 5.73 Å². The van der Waals surface area contributed by atoms with E-state index in [9.17, 15) is 8.42 Å². The Kier molecular flexibility index (Phi) is 4.52. The highest BCUT2D eigenvalue weighted by molar-refractivity contribution is 7.89. The van der Waals surface area contributed by atoms with Crippen LogP contribution in [0.15, 0.2) is 11.0 Å². The molecule has 0 saturated heterocycles. The zero-order valence-corrected chi connectivity index (χ0v) is 14.2. The van der Waals surface area contributed by atoms with E-state index in [-0.39, 0.29) is 17.5 Å². The van der Waals surface area contributed by atoms with Crippen LogP contribution in [0, 0.1) is 20.8 Å². The number of thiophene rings is 1. The molecule has 0 spiro atoms. The molecule has 6 nitrogen and oxygen atoms in total. The van der Waals surface area contributed by atoms with Gasteiger partial charge in [0.25, 0.3) is 0 Å². The molecule has 0 fully saturated rings. The molecule has 8 heteroatoms. The van der Waals surface area contributed by atoms with Crippen LogP contribution in [0.25, 0.3) is 0 Å². The molecule has 0 aliphatic heterocycles. The molecule has 0 aliphatic rings. The molecule has 2 heterocycles. The molecule has 0 aliphatic carbocycles. The first-order valence-corrected chi connectivity index (χ1v) is 8.89. The van der Waals surface area contributed by atoms with E-state index in [1.807, 2.05) is 26.8 Å². The number of nitrogens with one attached hydrogen (secondary N) is 2. The highest BCUT2D eigenvalue weighted by Crippen LogP contribution is 2.28. The molecule has 2 aromatic rings. The van der Waals surface area contributed by atoms with Crippen molar-refractivity contribution in [3.05, 3.63) is 32.8 Å². The molecule has 0 saturated carbocycles. The van der Waals surface area contributed by atoms with Gasteiger partial charge >= 0.3 is 0 Å². The van der Waals surface area contributed by atoms with Gasteiger partial charge in [0, 0.05) is 22.3 Å². The number of hydrogen-bond donors (Lipinski definition) is 3. The molecule has 0 amide bonds. The van der Waals surface area contributed by atoms with Crippen molar-refractivity contribution < 1.29 is 8.42 Å². The minimum atomic E-state index is -3.66. The first-order chi connectivity index (χ1) is 9.76. The van der Waals surface area contributed by atoms with E-state index in [0.717, 1.165) is 15.3 Å². The van der Waals surface area contributed by atoms with Crippen LogP contribution in [0.3, 0.4) is 0 Å². The maximum absolute atomic E-state index is 12.6. The number of aryl methyl sites for hydroxylation is 3. The third kappa shape index (κ3) is 3.18. The van der Waals surface area contributed by atoms with Gasteiger partial charge in [0.15, 0.2) is 0 Å². The Morgan fingerprint density at radius 1 is 1.43 bits per heavy atom. The van der Waals surface area contributed by atoms with E-state index in [2.05, 4.69) is 14.9 Å². The minimum Gasteiger partial charge on any atom is -0.325 e. The van der Waals surface area contributed by atoms with E-state index in [1.54, 1.807) is 18.3 Å². The van der Waals surface area contributed by atoms with Crippen molar-refractivity contribution in [2.75, 3.05) is 0 Å². The number of aromatic amines is 1. The van der Waals surface area contributed by atoms with Crippen LogP contribution in [0.1, 0.15) is 39.7 Å². The van der Waals surface area contributed by atoms with E-state index in [1.165, 1.54) is 0 Å². The fourth-order valence-corrected chi connectivity index (χ4v) is 5.02. The molecule has 116 valence electrons. The summed E-state index contributed by atoms with van der Waals surface area (Å²) < 4.78 is 27.9. The molecule has 2 aromatic heterocycles. The Morgan fingerprint density at radius 3 is 2.62 bits per heavy atom. The van der Waals surface area contributed by atoms with Gasteiger partial charge in [-0.15, -0.1) is 11.3 Å². The lowest BCUT2D eigenvalue weighted by atomic mass is 10.1. The van der Waals surface area contributed by atoms with Gasteiger partial charge in [0.2, 0.25) is 10.0 Å². The lowest BCUT2D eigenvalue weighted by molar-refractivity contribution is 0.565. The number of rotatable bonds is 5. The van der Waals surface area contributed by atoms with Crippen LogP contribution in [0.4, 0.5) is 0 Å². The highest BCUT2D eigenvalue weighted by Gasteiger charge is 2.26. The second-order valence-corrected chi connectivity index (χ2v) is 8.15. The molecule has 4 N–H and O–H groups in total. The normalized spacial score (nSPS) is 13.6. The van der Waals surface area contributed by atoms with Crippen molar-refractivity contribution >= 4 is 21.4 Å². The number of aromatic nitrogens is 2. The third-order valence-electron chi connectivity index (χ3n) is 3.30. The zero-order chi connectivity index (χ0) is 15.8. The Hall–Kier alpha value is -1.22. The first kappa shape index (κ1) is 16.2. The minimum absolute atomic E-state index is 0.0750. The lowest BCUT2D eigenvalue weighted by Gasteiger charge is -2.14. The summed E-state index contributed by atoms with van der Waals surface area (Å²) in [5.41, 5.74) is 7.40. The summed E-state index contributed by atoms with van der Waals surface area (Å²) in [6, 6.07) is 1.71. The summed E-state index contributed by atoms with van der Waals surface area (Å²) in [7, 11) is -3.66. The number of sulfonamides is 1. The van der Waals surface area contributed by atoms with Crippen molar-refractivity contribution in [1.82, 2.24) is 14.9 Å². The SMILES string of the molecule is Cc1cc(C(C)NS(=O)(=O)c2c(CN)n[nH]c2C)c(C)s1. The predicted molar refractivity (Wildman–Crippen MR) is 83.7 cm³/mol. The molecule has 2 rings (SSSR count). The molecule has 1 unspecified atom stereocenters. The van der Waals surface area contributed by atoms with Crippen molar-refractivity contribution in [2.45, 2.75) is 45.2 Å². The summed E-state index contributed by atoms with van der Waals surface area (Å²) in [6.07, 6.45) is 0. The standard InChI is InChI=1S/C13H20N4O2S2/c1-7-5-11(10(4)20-7)8(2)17-21(18,19)13-9(3)15-16-12(13)6-14/h5,8,17H,6,14H2,1-4H3,(H,15,16). The van der Waals surface area contributed by atoms with Gasteiger partial charge in [-0.05, 0) is 39.3 Å². The van der Waals surface area contributed by atoms with Gasteiger partial charge in [0.1, 0.15) is 4.90 Å². The van der Waals surface area contributed by atoms with E-state index >= 15 is 0 Å². The summed E-state index contributed by atoms with van der Waals surface area (Å²) in [5, 5.41) is 6.61. The van der Waals surface area contributed by atoms with Crippen LogP contribution >= 0.6 is 11.3 Å². The van der Waals surface area contributed by atoms with Gasteiger partial charge in [-0.2, -0.15) is 5.10 Å². The maximum atomic E-state index is 12.6. The lowest BCUT2D eigenvalue weighted by Crippen LogP contribution is -2.28. The average molecular weight is 328 g/mol. The maximum Gasteiger partial charge on any atom is 0.244 e. The van der Waals surface area contributed by atoms with Crippen LogP contribution in [0.2, 0.25) is 0 Å². The van der Waals surface area contributed by atoms with Crippen LogP contribution in [0.5, 0.6) is 0 Å². The number of hydrogen-bond acceptors (Lipinski definition) is 5. The van der Waals surface area contributed by atoms with Crippen LogP contribution in [-0.4, -0.2) is 18.6 Å². The monoisotopic (exact) mass is 328 g/mol. The van der Waals surface area contributed by atoms with Crippen LogP contribution < -0.4 is 10.5 Å². The Labute approximate surface area is 128 Å². The van der Waals surface area contributed by atoms with E-state index < -0.39 is 10.0 Å². The van der Waals surface area contributed by atoms with Gasteiger partial charge in [-0.3, -0.25) is 5.10 Å². The fraction of sp³-hybridized carbons (Fsp3) is 0.462. The fourth-order valence-electron chi connectivity index (χ4n) is 2.40. The molecule has 0 aromatic carbocycles. The van der Waals surface area contributed by atoms with Crippen molar-refractivity contribution in [1.29, 1.82) is 0 Å². The predicted octanol–water partition coefficient (Wildman–Crippen LogP) is 1.89. The smallest absolute Gasteiger partial charge is 0.244 e. The van der Waals surface area contributed by atoms with Gasteiger partial charge in [-0.1, -0.05) is 0 Å². The third-order valence-corrected chi connectivity index (χ3v) is 6.03. The topological polar surface area (TPSA) is 101 Å². The molecule has 21 heavy (non-hydrogen) atoms. The molecule has 0 bridgehead atoms. The number of nitrogens with zero attached hydrogens (tertiary/aromatic N) is 1. The van der Waals surface area contributed by atoms with Crippen molar-refractivity contribution in [3.63, 3.8) is 0 Å². The number of nitrogens with two attached hydrogens (primary N) is 1. The average Bonchev–Trinajstić information content (AvgIpc) is 2.91. The quantitative estimate of drug-likeness (QED) is 0.780. The molecular formula is C13H20N4O2S2. The highest BCUT2D eigenvalue weighted by atomic mass is 32.2. The van der Waals surface area contributed by atoms with Gasteiger partial charge in [0.05, 0.1) is 11.4 Å². The second kappa shape index (κ2) is 5.88. The van der Waals surface area contributed by atoms with Crippen molar-refractivity contribution in [3.8, 4) is 0 Å². The summed E-state index contributed by atoms with van der Waals surface area (Å²) in [5.74, 6) is 0. The first-order valence-electron chi connectivity index (χ1n) is 6.59. The number of H-pyrrole nitrogens is 1. The summed E-state index contributed by atoms with van der Waals surface area (Å²) in [6.45, 7) is 7.59. The second-order valence-electron chi connectivity index (χ2n) is 5.04. The van der Waals surface area contributed by atoms with Gasteiger partial charge < -0.3 is 5.73 Å². The summed E-state index contributed by atoms with van der Waals surface area (Å²) >= 11 is 1.66. The Bertz CT molecular complexity index is 746. The van der Waals surface area contributed by atoms with Gasteiger partial charge in [-0.25, -0.2) is 13.1 Å².